The highest BCUT2D eigenvalue weighted by Crippen LogP contribution is 2.35. The third-order valence-corrected chi connectivity index (χ3v) is 4.61. The molecule has 1 aliphatic carbocycles. The summed E-state index contributed by atoms with van der Waals surface area (Å²) in [6.45, 7) is 3.94. The predicted molar refractivity (Wildman–Crippen MR) is 72.0 cm³/mol. The largest absolute Gasteiger partial charge is 0.308 e. The maximum atomic E-state index is 5.47. The molecule has 1 fully saturated rings. The first-order valence-electron chi connectivity index (χ1n) is 6.19. The molecular weight excluding hydrogens is 232 g/mol. The summed E-state index contributed by atoms with van der Waals surface area (Å²) >= 11 is 1.89. The number of anilines is 1. The molecule has 0 spiro atoms. The van der Waals surface area contributed by atoms with Crippen LogP contribution in [0.3, 0.4) is 0 Å². The molecule has 0 bridgehead atoms. The molecule has 0 unspecified atom stereocenters. The highest BCUT2D eigenvalue weighted by Gasteiger charge is 2.18. The second-order valence-corrected chi connectivity index (χ2v) is 5.86. The predicted octanol–water partition coefficient (Wildman–Crippen LogP) is 2.80. The second kappa shape index (κ2) is 5.69. The van der Waals surface area contributed by atoms with E-state index in [2.05, 4.69) is 15.4 Å². The Morgan fingerprint density at radius 1 is 1.18 bits per heavy atom. The van der Waals surface area contributed by atoms with Gasteiger partial charge in [-0.25, -0.2) is 15.8 Å². The van der Waals surface area contributed by atoms with Crippen LogP contribution in [0.2, 0.25) is 0 Å². The number of nitrogens with two attached hydrogens (primary N) is 1. The molecule has 94 valence electrons. The molecule has 5 heteroatoms. The lowest BCUT2D eigenvalue weighted by Gasteiger charge is -2.21. The van der Waals surface area contributed by atoms with Gasteiger partial charge in [0.25, 0.3) is 0 Å². The number of rotatable bonds is 3. The molecule has 1 aromatic rings. The van der Waals surface area contributed by atoms with E-state index >= 15 is 0 Å². The first kappa shape index (κ1) is 12.6. The van der Waals surface area contributed by atoms with E-state index < -0.39 is 0 Å². The molecular formula is C12H20N4S. The number of nitrogen functional groups attached to an aromatic ring is 1. The summed E-state index contributed by atoms with van der Waals surface area (Å²) in [5.41, 5.74) is 3.71. The molecule has 2 rings (SSSR count). The van der Waals surface area contributed by atoms with Gasteiger partial charge in [0.15, 0.2) is 0 Å². The van der Waals surface area contributed by atoms with E-state index in [1.165, 1.54) is 32.1 Å². The maximum Gasteiger partial charge on any atom is 0.147 e. The van der Waals surface area contributed by atoms with E-state index in [1.807, 2.05) is 25.6 Å². The molecule has 0 aliphatic heterocycles. The number of aryl methyl sites for hydroxylation is 1. The van der Waals surface area contributed by atoms with Crippen molar-refractivity contribution in [2.45, 2.75) is 56.2 Å². The van der Waals surface area contributed by atoms with Crippen LogP contribution in [-0.4, -0.2) is 15.2 Å². The number of nitrogens with zero attached hydrogens (tertiary/aromatic N) is 2. The summed E-state index contributed by atoms with van der Waals surface area (Å²) in [5, 5.41) is 1.79. The summed E-state index contributed by atoms with van der Waals surface area (Å²) in [4.78, 5) is 8.82. The summed E-state index contributed by atoms with van der Waals surface area (Å²) in [5.74, 6) is 7.00. The van der Waals surface area contributed by atoms with Gasteiger partial charge < -0.3 is 5.43 Å². The van der Waals surface area contributed by atoms with Crippen molar-refractivity contribution < 1.29 is 0 Å². The fourth-order valence-corrected chi connectivity index (χ4v) is 3.54. The summed E-state index contributed by atoms with van der Waals surface area (Å²) in [6, 6.07) is 0. The van der Waals surface area contributed by atoms with Gasteiger partial charge in [0.1, 0.15) is 16.7 Å². The highest BCUT2D eigenvalue weighted by molar-refractivity contribution is 7.99. The van der Waals surface area contributed by atoms with Gasteiger partial charge in [0, 0.05) is 10.8 Å². The lowest BCUT2D eigenvalue weighted by molar-refractivity contribution is 0.515. The fourth-order valence-electron chi connectivity index (χ4n) is 2.20. The van der Waals surface area contributed by atoms with Crippen molar-refractivity contribution in [3.8, 4) is 0 Å². The third-order valence-electron chi connectivity index (χ3n) is 3.18. The molecule has 1 aliphatic rings. The Morgan fingerprint density at radius 2 is 1.88 bits per heavy atom. The van der Waals surface area contributed by atoms with Crippen molar-refractivity contribution in [3.63, 3.8) is 0 Å². The van der Waals surface area contributed by atoms with Gasteiger partial charge in [-0.1, -0.05) is 19.3 Å². The highest BCUT2D eigenvalue weighted by atomic mass is 32.2. The van der Waals surface area contributed by atoms with Crippen LogP contribution in [0.5, 0.6) is 0 Å². The number of aromatic nitrogens is 2. The minimum atomic E-state index is 0.711. The van der Waals surface area contributed by atoms with Gasteiger partial charge in [-0.3, -0.25) is 0 Å². The molecule has 1 aromatic heterocycles. The SMILES string of the molecule is Cc1nc(NN)c(C)c(SC2CCCCC2)n1. The Kier molecular flexibility index (Phi) is 4.23. The van der Waals surface area contributed by atoms with Crippen molar-refractivity contribution in [2.75, 3.05) is 5.43 Å². The zero-order valence-electron chi connectivity index (χ0n) is 10.5. The van der Waals surface area contributed by atoms with Crippen molar-refractivity contribution in [1.82, 2.24) is 9.97 Å². The molecule has 0 aromatic carbocycles. The Balaban J connectivity index is 2.16. The van der Waals surface area contributed by atoms with Crippen LogP contribution in [0.25, 0.3) is 0 Å². The van der Waals surface area contributed by atoms with Gasteiger partial charge >= 0.3 is 0 Å². The molecule has 0 amide bonds. The molecule has 0 atom stereocenters. The smallest absolute Gasteiger partial charge is 0.147 e. The van der Waals surface area contributed by atoms with Crippen molar-refractivity contribution >= 4 is 17.6 Å². The first-order chi connectivity index (χ1) is 8.20. The van der Waals surface area contributed by atoms with E-state index in [1.54, 1.807) is 0 Å². The quantitative estimate of drug-likeness (QED) is 0.492. The number of nitrogens with one attached hydrogen (secondary N) is 1. The Morgan fingerprint density at radius 3 is 2.53 bits per heavy atom. The molecule has 0 saturated heterocycles. The molecule has 4 nitrogen and oxygen atoms in total. The average Bonchev–Trinajstić information content (AvgIpc) is 2.34. The van der Waals surface area contributed by atoms with E-state index in [9.17, 15) is 0 Å². The van der Waals surface area contributed by atoms with Gasteiger partial charge in [-0.15, -0.1) is 11.8 Å². The van der Waals surface area contributed by atoms with E-state index in [0.717, 1.165) is 22.2 Å². The van der Waals surface area contributed by atoms with Crippen LogP contribution >= 0.6 is 11.8 Å². The van der Waals surface area contributed by atoms with Crippen molar-refractivity contribution in [3.05, 3.63) is 11.4 Å². The number of thioether (sulfide) groups is 1. The first-order valence-corrected chi connectivity index (χ1v) is 7.07. The van der Waals surface area contributed by atoms with Crippen molar-refractivity contribution in [2.24, 2.45) is 5.84 Å². The van der Waals surface area contributed by atoms with Crippen LogP contribution in [0.1, 0.15) is 43.5 Å². The second-order valence-electron chi connectivity index (χ2n) is 4.57. The fraction of sp³-hybridized carbons (Fsp3) is 0.667. The van der Waals surface area contributed by atoms with Gasteiger partial charge in [-0.05, 0) is 26.7 Å². The standard InChI is InChI=1S/C12H20N4S/c1-8-11(16-13)14-9(2)15-12(8)17-10-6-4-3-5-7-10/h10H,3-7,13H2,1-2H3,(H,14,15,16). The van der Waals surface area contributed by atoms with Crippen LogP contribution in [0.15, 0.2) is 5.03 Å². The van der Waals surface area contributed by atoms with Crippen LogP contribution in [0, 0.1) is 13.8 Å². The number of hydrogen-bond acceptors (Lipinski definition) is 5. The summed E-state index contributed by atoms with van der Waals surface area (Å²) in [7, 11) is 0. The van der Waals surface area contributed by atoms with E-state index in [4.69, 9.17) is 5.84 Å². The third kappa shape index (κ3) is 3.10. The van der Waals surface area contributed by atoms with Gasteiger partial charge in [0.05, 0.1) is 0 Å². The summed E-state index contributed by atoms with van der Waals surface area (Å²) < 4.78 is 0. The monoisotopic (exact) mass is 252 g/mol. The molecule has 3 N–H and O–H groups in total. The number of hydrogen-bond donors (Lipinski definition) is 2. The van der Waals surface area contributed by atoms with Gasteiger partial charge in [0.2, 0.25) is 0 Å². The van der Waals surface area contributed by atoms with Gasteiger partial charge in [-0.2, -0.15) is 0 Å². The Bertz CT molecular complexity index is 388. The normalized spacial score (nSPS) is 17.1. The molecule has 1 saturated carbocycles. The molecule has 0 radical (unpaired) electrons. The van der Waals surface area contributed by atoms with Crippen LogP contribution < -0.4 is 11.3 Å². The Hall–Kier alpha value is -0.810. The maximum absolute atomic E-state index is 5.47. The lowest BCUT2D eigenvalue weighted by atomic mass is 10.0. The lowest BCUT2D eigenvalue weighted by Crippen LogP contribution is -2.14. The molecule has 1 heterocycles. The van der Waals surface area contributed by atoms with E-state index in [-0.39, 0.29) is 0 Å². The number of hydrazine groups is 1. The zero-order valence-corrected chi connectivity index (χ0v) is 11.3. The Labute approximate surface area is 107 Å². The summed E-state index contributed by atoms with van der Waals surface area (Å²) in [6.07, 6.45) is 6.69. The average molecular weight is 252 g/mol. The molecule has 17 heavy (non-hydrogen) atoms. The van der Waals surface area contributed by atoms with Crippen molar-refractivity contribution in [1.29, 1.82) is 0 Å². The van der Waals surface area contributed by atoms with Crippen LogP contribution in [-0.2, 0) is 0 Å². The minimum Gasteiger partial charge on any atom is -0.308 e. The van der Waals surface area contributed by atoms with E-state index in [0.29, 0.717) is 5.25 Å². The zero-order chi connectivity index (χ0) is 12.3. The topological polar surface area (TPSA) is 63.8 Å². The minimum absolute atomic E-state index is 0.711. The van der Waals surface area contributed by atoms with Crippen LogP contribution in [0.4, 0.5) is 5.82 Å².